The van der Waals surface area contributed by atoms with Crippen LogP contribution in [0.2, 0.25) is 0 Å². The molecule has 0 aliphatic carbocycles. The molecule has 68 valence electrons. The van der Waals surface area contributed by atoms with Crippen LogP contribution in [0.1, 0.15) is 12.8 Å². The Morgan fingerprint density at radius 1 is 1.25 bits per heavy atom. The highest BCUT2D eigenvalue weighted by molar-refractivity contribution is 5.50. The molecular weight excluding hydrogens is 154 g/mol. The summed E-state index contributed by atoms with van der Waals surface area (Å²) in [6.07, 6.45) is 3.14. The normalized spacial score (nSPS) is 27.8. The van der Waals surface area contributed by atoms with E-state index in [2.05, 4.69) is 10.6 Å². The highest BCUT2D eigenvalue weighted by atomic mass is 16.1. The van der Waals surface area contributed by atoms with Gasteiger partial charge < -0.3 is 10.2 Å². The van der Waals surface area contributed by atoms with Gasteiger partial charge in [0.25, 0.3) is 0 Å². The molecule has 0 atom stereocenters. The molecule has 4 heteroatoms. The van der Waals surface area contributed by atoms with Crippen molar-refractivity contribution in [3.63, 3.8) is 0 Å². The predicted molar refractivity (Wildman–Crippen MR) is 45.6 cm³/mol. The van der Waals surface area contributed by atoms with Crippen molar-refractivity contribution in [2.24, 2.45) is 0 Å². The van der Waals surface area contributed by atoms with Gasteiger partial charge in [-0.15, -0.1) is 0 Å². The Bertz CT molecular complexity index is 177. The third-order valence-corrected chi connectivity index (χ3v) is 3.01. The predicted octanol–water partition coefficient (Wildman–Crippen LogP) is -0.872. The standard InChI is InChI=1S/C8H15N3O/c12-7-11-6-10-5-8(11)1-3-9-4-2-8/h7,9-10H,1-6H2. The van der Waals surface area contributed by atoms with Crippen LogP contribution >= 0.6 is 0 Å². The minimum Gasteiger partial charge on any atom is -0.325 e. The molecule has 0 aromatic rings. The van der Waals surface area contributed by atoms with E-state index in [0.717, 1.165) is 45.6 Å². The highest BCUT2D eigenvalue weighted by Crippen LogP contribution is 2.26. The first kappa shape index (κ1) is 8.01. The van der Waals surface area contributed by atoms with Crippen molar-refractivity contribution in [1.29, 1.82) is 0 Å². The van der Waals surface area contributed by atoms with Gasteiger partial charge in [0.2, 0.25) is 6.41 Å². The second kappa shape index (κ2) is 3.03. The van der Waals surface area contributed by atoms with E-state index in [-0.39, 0.29) is 5.54 Å². The molecule has 2 aliphatic rings. The zero-order valence-electron chi connectivity index (χ0n) is 7.18. The first-order valence-corrected chi connectivity index (χ1v) is 4.51. The monoisotopic (exact) mass is 169 g/mol. The van der Waals surface area contributed by atoms with E-state index in [0.29, 0.717) is 0 Å². The zero-order chi connectivity index (χ0) is 8.44. The number of nitrogens with zero attached hydrogens (tertiary/aromatic N) is 1. The summed E-state index contributed by atoms with van der Waals surface area (Å²) in [7, 11) is 0. The van der Waals surface area contributed by atoms with Gasteiger partial charge in [0.15, 0.2) is 0 Å². The molecule has 2 heterocycles. The molecule has 1 amide bonds. The number of amides is 1. The summed E-state index contributed by atoms with van der Waals surface area (Å²) in [4.78, 5) is 12.7. The van der Waals surface area contributed by atoms with Crippen molar-refractivity contribution in [2.45, 2.75) is 18.4 Å². The number of piperidine rings is 1. The van der Waals surface area contributed by atoms with E-state index in [1.54, 1.807) is 0 Å². The fourth-order valence-corrected chi connectivity index (χ4v) is 2.18. The average molecular weight is 169 g/mol. The summed E-state index contributed by atoms with van der Waals surface area (Å²) < 4.78 is 0. The van der Waals surface area contributed by atoms with Crippen molar-refractivity contribution < 1.29 is 4.79 Å². The van der Waals surface area contributed by atoms with E-state index < -0.39 is 0 Å². The molecule has 4 nitrogen and oxygen atoms in total. The van der Waals surface area contributed by atoms with Crippen LogP contribution < -0.4 is 10.6 Å². The molecule has 2 rings (SSSR count). The van der Waals surface area contributed by atoms with Gasteiger partial charge in [0, 0.05) is 6.54 Å². The van der Waals surface area contributed by atoms with E-state index in [1.807, 2.05) is 4.90 Å². The molecule has 0 radical (unpaired) electrons. The summed E-state index contributed by atoms with van der Waals surface area (Å²) in [5.41, 5.74) is 0.132. The van der Waals surface area contributed by atoms with Crippen LogP contribution in [-0.2, 0) is 4.79 Å². The summed E-state index contributed by atoms with van der Waals surface area (Å²) in [6.45, 7) is 3.76. The lowest BCUT2D eigenvalue weighted by molar-refractivity contribution is -0.122. The van der Waals surface area contributed by atoms with Gasteiger partial charge in [-0.1, -0.05) is 0 Å². The molecule has 0 saturated carbocycles. The topological polar surface area (TPSA) is 44.4 Å². The summed E-state index contributed by atoms with van der Waals surface area (Å²) >= 11 is 0. The number of rotatable bonds is 1. The van der Waals surface area contributed by atoms with E-state index >= 15 is 0 Å². The van der Waals surface area contributed by atoms with Crippen LogP contribution in [0, 0.1) is 0 Å². The summed E-state index contributed by atoms with van der Waals surface area (Å²) in [5.74, 6) is 0. The molecule has 12 heavy (non-hydrogen) atoms. The van der Waals surface area contributed by atoms with Gasteiger partial charge in [0.05, 0.1) is 12.2 Å². The third kappa shape index (κ3) is 1.11. The lowest BCUT2D eigenvalue weighted by atomic mass is 9.88. The number of carbonyl (C=O) groups excluding carboxylic acids is 1. The van der Waals surface area contributed by atoms with Gasteiger partial charge in [-0.2, -0.15) is 0 Å². The number of nitrogens with one attached hydrogen (secondary N) is 2. The van der Waals surface area contributed by atoms with Crippen molar-refractivity contribution in [2.75, 3.05) is 26.3 Å². The molecular formula is C8H15N3O. The Labute approximate surface area is 72.3 Å². The Kier molecular flexibility index (Phi) is 2.02. The highest BCUT2D eigenvalue weighted by Gasteiger charge is 2.40. The largest absolute Gasteiger partial charge is 0.325 e. The van der Waals surface area contributed by atoms with E-state index in [1.165, 1.54) is 0 Å². The molecule has 0 aromatic carbocycles. The number of hydrogen-bond acceptors (Lipinski definition) is 3. The van der Waals surface area contributed by atoms with Gasteiger partial charge in [-0.05, 0) is 25.9 Å². The van der Waals surface area contributed by atoms with Crippen molar-refractivity contribution >= 4 is 6.41 Å². The van der Waals surface area contributed by atoms with E-state index in [4.69, 9.17) is 0 Å². The van der Waals surface area contributed by atoms with Crippen LogP contribution in [0.5, 0.6) is 0 Å². The lowest BCUT2D eigenvalue weighted by Gasteiger charge is -2.38. The first-order chi connectivity index (χ1) is 5.87. The zero-order valence-corrected chi connectivity index (χ0v) is 7.18. The molecule has 2 aliphatic heterocycles. The number of carbonyl (C=O) groups is 1. The maximum atomic E-state index is 10.7. The fraction of sp³-hybridized carbons (Fsp3) is 0.875. The Hall–Kier alpha value is -0.610. The van der Waals surface area contributed by atoms with Crippen molar-refractivity contribution in [3.05, 3.63) is 0 Å². The molecule has 0 aromatic heterocycles. The van der Waals surface area contributed by atoms with Crippen LogP contribution in [0.3, 0.4) is 0 Å². The van der Waals surface area contributed by atoms with Crippen LogP contribution in [0.15, 0.2) is 0 Å². The average Bonchev–Trinajstić information content (AvgIpc) is 2.49. The van der Waals surface area contributed by atoms with Gasteiger partial charge >= 0.3 is 0 Å². The molecule has 2 N–H and O–H groups in total. The smallest absolute Gasteiger partial charge is 0.211 e. The minimum atomic E-state index is 0.132. The Morgan fingerprint density at radius 2 is 2.00 bits per heavy atom. The van der Waals surface area contributed by atoms with Gasteiger partial charge in [-0.25, -0.2) is 0 Å². The lowest BCUT2D eigenvalue weighted by Crippen LogP contribution is -2.52. The SMILES string of the molecule is O=CN1CNCC12CCNCC2. The van der Waals surface area contributed by atoms with Crippen molar-refractivity contribution in [1.82, 2.24) is 15.5 Å². The molecule has 1 spiro atoms. The Balaban J connectivity index is 2.10. The molecule has 0 bridgehead atoms. The molecule has 2 fully saturated rings. The van der Waals surface area contributed by atoms with Crippen molar-refractivity contribution in [3.8, 4) is 0 Å². The second-order valence-electron chi connectivity index (χ2n) is 3.63. The van der Waals surface area contributed by atoms with Crippen LogP contribution in [0.25, 0.3) is 0 Å². The molecule has 2 saturated heterocycles. The maximum absolute atomic E-state index is 10.7. The fourth-order valence-electron chi connectivity index (χ4n) is 2.18. The maximum Gasteiger partial charge on any atom is 0.211 e. The first-order valence-electron chi connectivity index (χ1n) is 4.51. The van der Waals surface area contributed by atoms with Crippen LogP contribution in [0.4, 0.5) is 0 Å². The second-order valence-corrected chi connectivity index (χ2v) is 3.63. The molecule has 0 unspecified atom stereocenters. The third-order valence-electron chi connectivity index (χ3n) is 3.01. The quantitative estimate of drug-likeness (QED) is 0.501. The summed E-state index contributed by atoms with van der Waals surface area (Å²) in [5, 5.41) is 6.56. The van der Waals surface area contributed by atoms with Gasteiger partial charge in [-0.3, -0.25) is 10.1 Å². The van der Waals surface area contributed by atoms with Crippen LogP contribution in [-0.4, -0.2) is 43.2 Å². The Morgan fingerprint density at radius 3 is 2.67 bits per heavy atom. The van der Waals surface area contributed by atoms with Gasteiger partial charge in [0.1, 0.15) is 0 Å². The van der Waals surface area contributed by atoms with E-state index in [9.17, 15) is 4.79 Å². The summed E-state index contributed by atoms with van der Waals surface area (Å²) in [6, 6.07) is 0. The minimum absolute atomic E-state index is 0.132. The number of hydrogen-bond donors (Lipinski definition) is 2.